The third-order valence-corrected chi connectivity index (χ3v) is 4.48. The lowest BCUT2D eigenvalue weighted by Gasteiger charge is -2.18. The number of hydrogen-bond donors (Lipinski definition) is 2. The SMILES string of the molecule is O=C(Nc1ccc2c(c1)N(C(=O)C1CC1)CC2)c1ccc(=O)[nH]c1. The normalized spacial score (nSPS) is 15.9. The molecule has 1 saturated carbocycles. The minimum absolute atomic E-state index is 0.176. The van der Waals surface area contributed by atoms with E-state index in [0.717, 1.165) is 30.5 Å². The molecule has 1 aliphatic carbocycles. The van der Waals surface area contributed by atoms with Crippen molar-refractivity contribution in [3.05, 3.63) is 58.0 Å². The number of aromatic amines is 1. The van der Waals surface area contributed by atoms with Crippen LogP contribution >= 0.6 is 0 Å². The van der Waals surface area contributed by atoms with Crippen LogP contribution in [0.5, 0.6) is 0 Å². The summed E-state index contributed by atoms with van der Waals surface area (Å²) in [6.07, 6.45) is 4.19. The molecule has 1 fully saturated rings. The maximum atomic E-state index is 12.4. The zero-order valence-electron chi connectivity index (χ0n) is 13.0. The van der Waals surface area contributed by atoms with Crippen molar-refractivity contribution < 1.29 is 9.59 Å². The van der Waals surface area contributed by atoms with Crippen LogP contribution in [0, 0.1) is 5.92 Å². The summed E-state index contributed by atoms with van der Waals surface area (Å²) in [4.78, 5) is 40.0. The van der Waals surface area contributed by atoms with Crippen LogP contribution < -0.4 is 15.8 Å². The molecule has 2 heterocycles. The van der Waals surface area contributed by atoms with E-state index in [-0.39, 0.29) is 23.3 Å². The Morgan fingerprint density at radius 1 is 1.17 bits per heavy atom. The molecule has 0 saturated heterocycles. The summed E-state index contributed by atoms with van der Waals surface area (Å²) >= 11 is 0. The maximum absolute atomic E-state index is 12.4. The molecule has 0 spiro atoms. The molecule has 0 atom stereocenters. The van der Waals surface area contributed by atoms with Crippen molar-refractivity contribution in [2.45, 2.75) is 19.3 Å². The third kappa shape index (κ3) is 2.71. The van der Waals surface area contributed by atoms with Gasteiger partial charge in [0.15, 0.2) is 0 Å². The first-order valence-corrected chi connectivity index (χ1v) is 8.06. The second-order valence-electron chi connectivity index (χ2n) is 6.25. The van der Waals surface area contributed by atoms with Gasteiger partial charge in [0.05, 0.1) is 5.56 Å². The first-order valence-electron chi connectivity index (χ1n) is 8.06. The van der Waals surface area contributed by atoms with Gasteiger partial charge < -0.3 is 15.2 Å². The molecule has 1 aromatic heterocycles. The average molecular weight is 323 g/mol. The number of nitrogens with one attached hydrogen (secondary N) is 2. The van der Waals surface area contributed by atoms with Crippen LogP contribution in [0.1, 0.15) is 28.8 Å². The van der Waals surface area contributed by atoms with Crippen molar-refractivity contribution in [2.24, 2.45) is 5.92 Å². The molecular formula is C18H17N3O3. The van der Waals surface area contributed by atoms with Gasteiger partial charge in [0, 0.05) is 36.1 Å². The van der Waals surface area contributed by atoms with E-state index in [9.17, 15) is 14.4 Å². The minimum Gasteiger partial charge on any atom is -0.328 e. The highest BCUT2D eigenvalue weighted by atomic mass is 16.2. The number of pyridine rings is 1. The average Bonchev–Trinajstić information content (AvgIpc) is 3.35. The number of rotatable bonds is 3. The molecule has 2 N–H and O–H groups in total. The predicted octanol–water partition coefficient (Wildman–Crippen LogP) is 1.93. The second kappa shape index (κ2) is 5.63. The monoisotopic (exact) mass is 323 g/mol. The molecule has 2 aromatic rings. The fourth-order valence-corrected chi connectivity index (χ4v) is 2.99. The van der Waals surface area contributed by atoms with Gasteiger partial charge in [-0.3, -0.25) is 14.4 Å². The number of anilines is 2. The Hall–Kier alpha value is -2.89. The third-order valence-electron chi connectivity index (χ3n) is 4.48. The Bertz CT molecular complexity index is 863. The summed E-state index contributed by atoms with van der Waals surface area (Å²) in [5.74, 6) is 0.0671. The van der Waals surface area contributed by atoms with Gasteiger partial charge in [-0.1, -0.05) is 6.07 Å². The lowest BCUT2D eigenvalue weighted by Crippen LogP contribution is -2.30. The number of aromatic nitrogens is 1. The standard InChI is InChI=1S/C18H17N3O3/c22-16-6-4-13(10-19-16)17(23)20-14-5-3-11-7-8-21(15(11)9-14)18(24)12-1-2-12/h3-6,9-10,12H,1-2,7-8H2,(H,19,22)(H,20,23). The zero-order valence-corrected chi connectivity index (χ0v) is 13.0. The van der Waals surface area contributed by atoms with Crippen LogP contribution in [0.4, 0.5) is 11.4 Å². The molecule has 0 unspecified atom stereocenters. The molecule has 2 aliphatic rings. The number of fused-ring (bicyclic) bond motifs is 1. The fraction of sp³-hybridized carbons (Fsp3) is 0.278. The Morgan fingerprint density at radius 3 is 2.71 bits per heavy atom. The molecule has 6 nitrogen and oxygen atoms in total. The smallest absolute Gasteiger partial charge is 0.257 e. The van der Waals surface area contributed by atoms with Gasteiger partial charge in [0.25, 0.3) is 5.91 Å². The van der Waals surface area contributed by atoms with E-state index in [1.165, 1.54) is 18.3 Å². The first kappa shape index (κ1) is 14.7. The number of carbonyl (C=O) groups excluding carboxylic acids is 2. The zero-order chi connectivity index (χ0) is 16.7. The summed E-state index contributed by atoms with van der Waals surface area (Å²) in [5, 5.41) is 2.81. The molecule has 122 valence electrons. The largest absolute Gasteiger partial charge is 0.328 e. The molecule has 2 amide bonds. The predicted molar refractivity (Wildman–Crippen MR) is 90.2 cm³/mol. The van der Waals surface area contributed by atoms with Gasteiger partial charge >= 0.3 is 0 Å². The Balaban J connectivity index is 1.55. The molecular weight excluding hydrogens is 306 g/mol. The van der Waals surface area contributed by atoms with Gasteiger partial charge in [0.2, 0.25) is 11.5 Å². The topological polar surface area (TPSA) is 82.3 Å². The van der Waals surface area contributed by atoms with Gasteiger partial charge in [-0.2, -0.15) is 0 Å². The first-order chi connectivity index (χ1) is 11.6. The minimum atomic E-state index is -0.302. The van der Waals surface area contributed by atoms with Crippen molar-refractivity contribution in [1.29, 1.82) is 0 Å². The van der Waals surface area contributed by atoms with Crippen LogP contribution in [-0.4, -0.2) is 23.3 Å². The van der Waals surface area contributed by atoms with Crippen LogP contribution in [0.15, 0.2) is 41.3 Å². The highest BCUT2D eigenvalue weighted by Gasteiger charge is 2.36. The Labute approximate surface area is 138 Å². The molecule has 0 radical (unpaired) electrons. The Morgan fingerprint density at radius 2 is 2.00 bits per heavy atom. The summed E-state index contributed by atoms with van der Waals surface area (Å²) in [5.41, 5.74) is 2.79. The number of carbonyl (C=O) groups is 2. The fourth-order valence-electron chi connectivity index (χ4n) is 2.99. The number of nitrogens with zero attached hydrogens (tertiary/aromatic N) is 1. The van der Waals surface area contributed by atoms with Gasteiger partial charge in [0.1, 0.15) is 0 Å². The maximum Gasteiger partial charge on any atom is 0.257 e. The quantitative estimate of drug-likeness (QED) is 0.905. The molecule has 4 rings (SSSR count). The van der Waals surface area contributed by atoms with E-state index in [4.69, 9.17) is 0 Å². The summed E-state index contributed by atoms with van der Waals surface area (Å²) in [7, 11) is 0. The summed E-state index contributed by atoms with van der Waals surface area (Å²) in [6.45, 7) is 0.710. The summed E-state index contributed by atoms with van der Waals surface area (Å²) < 4.78 is 0. The van der Waals surface area contributed by atoms with Crippen LogP contribution in [0.2, 0.25) is 0 Å². The number of hydrogen-bond acceptors (Lipinski definition) is 3. The van der Waals surface area contributed by atoms with E-state index in [0.29, 0.717) is 17.8 Å². The molecule has 1 aromatic carbocycles. The number of amides is 2. The van der Waals surface area contributed by atoms with Crippen LogP contribution in [0.3, 0.4) is 0 Å². The van der Waals surface area contributed by atoms with E-state index >= 15 is 0 Å². The molecule has 0 bridgehead atoms. The number of H-pyrrole nitrogens is 1. The van der Waals surface area contributed by atoms with E-state index in [1.807, 2.05) is 23.1 Å². The summed E-state index contributed by atoms with van der Waals surface area (Å²) in [6, 6.07) is 8.44. The van der Waals surface area contributed by atoms with E-state index in [2.05, 4.69) is 10.3 Å². The molecule has 24 heavy (non-hydrogen) atoms. The van der Waals surface area contributed by atoms with Crippen LogP contribution in [-0.2, 0) is 11.2 Å². The van der Waals surface area contributed by atoms with Crippen molar-refractivity contribution in [1.82, 2.24) is 4.98 Å². The van der Waals surface area contributed by atoms with Crippen molar-refractivity contribution in [3.8, 4) is 0 Å². The molecule has 1 aliphatic heterocycles. The van der Waals surface area contributed by atoms with Crippen molar-refractivity contribution >= 4 is 23.2 Å². The Kier molecular flexibility index (Phi) is 3.45. The van der Waals surface area contributed by atoms with Crippen molar-refractivity contribution in [3.63, 3.8) is 0 Å². The number of benzene rings is 1. The molecule has 6 heteroatoms. The highest BCUT2D eigenvalue weighted by Crippen LogP contribution is 2.37. The van der Waals surface area contributed by atoms with Crippen LogP contribution in [0.25, 0.3) is 0 Å². The lowest BCUT2D eigenvalue weighted by atomic mass is 10.1. The second-order valence-corrected chi connectivity index (χ2v) is 6.25. The van der Waals surface area contributed by atoms with E-state index in [1.54, 1.807) is 0 Å². The van der Waals surface area contributed by atoms with Gasteiger partial charge in [-0.25, -0.2) is 0 Å². The van der Waals surface area contributed by atoms with Crippen molar-refractivity contribution in [2.75, 3.05) is 16.8 Å². The lowest BCUT2D eigenvalue weighted by molar-refractivity contribution is -0.119. The van der Waals surface area contributed by atoms with E-state index < -0.39 is 0 Å². The van der Waals surface area contributed by atoms with Gasteiger partial charge in [-0.15, -0.1) is 0 Å². The van der Waals surface area contributed by atoms with Gasteiger partial charge in [-0.05, 0) is 43.0 Å². The highest BCUT2D eigenvalue weighted by molar-refractivity contribution is 6.05.